The molecule has 0 aliphatic carbocycles. The summed E-state index contributed by atoms with van der Waals surface area (Å²) in [6, 6.07) is 7.06. The van der Waals surface area contributed by atoms with Crippen LogP contribution in [-0.2, 0) is 6.42 Å². The van der Waals surface area contributed by atoms with Crippen molar-refractivity contribution in [1.29, 1.82) is 0 Å². The minimum atomic E-state index is -0.815. The monoisotopic (exact) mass is 306 g/mol. The van der Waals surface area contributed by atoms with Gasteiger partial charge in [0.1, 0.15) is 5.82 Å². The topological polar surface area (TPSA) is 95.5 Å². The number of aryl methyl sites for hydroxylation is 1. The van der Waals surface area contributed by atoms with E-state index in [1.54, 1.807) is 6.07 Å². The van der Waals surface area contributed by atoms with Gasteiger partial charge in [0.2, 0.25) is 11.5 Å². The van der Waals surface area contributed by atoms with Crippen molar-refractivity contribution < 1.29 is 19.0 Å². The molecule has 0 amide bonds. The van der Waals surface area contributed by atoms with Crippen molar-refractivity contribution in [2.24, 2.45) is 0 Å². The van der Waals surface area contributed by atoms with Gasteiger partial charge < -0.3 is 4.74 Å². The van der Waals surface area contributed by atoms with Gasteiger partial charge in [-0.3, -0.25) is 20.2 Å². The van der Waals surface area contributed by atoms with Crippen LogP contribution in [0.25, 0.3) is 0 Å². The van der Waals surface area contributed by atoms with Crippen LogP contribution in [0.4, 0.5) is 15.8 Å². The average Bonchev–Trinajstić information content (AvgIpc) is 2.49. The molecule has 0 N–H and O–H groups in total. The fourth-order valence-electron chi connectivity index (χ4n) is 1.85. The number of hydrogen-bond donors (Lipinski definition) is 0. The highest BCUT2D eigenvalue weighted by Crippen LogP contribution is 2.36. The molecule has 0 aliphatic heterocycles. The lowest BCUT2D eigenvalue weighted by Crippen LogP contribution is -1.98. The lowest BCUT2D eigenvalue weighted by Gasteiger charge is -2.08. The summed E-state index contributed by atoms with van der Waals surface area (Å²) in [5, 5.41) is 22.0. The molecule has 22 heavy (non-hydrogen) atoms. The number of hydrogen-bond acceptors (Lipinski definition) is 5. The molecule has 0 saturated carbocycles. The average molecular weight is 306 g/mol. The Balaban J connectivity index is 2.47. The van der Waals surface area contributed by atoms with Gasteiger partial charge >= 0.3 is 11.4 Å². The lowest BCUT2D eigenvalue weighted by atomic mass is 10.1. The van der Waals surface area contributed by atoms with Crippen molar-refractivity contribution >= 4 is 11.4 Å². The minimum absolute atomic E-state index is 0.142. The molecular formula is C14H11FN2O5. The summed E-state index contributed by atoms with van der Waals surface area (Å²) < 4.78 is 18.4. The van der Waals surface area contributed by atoms with E-state index >= 15 is 0 Å². The van der Waals surface area contributed by atoms with Gasteiger partial charge in [0.05, 0.1) is 15.9 Å². The zero-order valence-electron chi connectivity index (χ0n) is 11.5. The van der Waals surface area contributed by atoms with Crippen molar-refractivity contribution in [1.82, 2.24) is 0 Å². The first-order chi connectivity index (χ1) is 10.4. The molecular weight excluding hydrogens is 295 g/mol. The second-order valence-electron chi connectivity index (χ2n) is 4.38. The van der Waals surface area contributed by atoms with Gasteiger partial charge in [-0.25, -0.2) is 4.39 Å². The normalized spacial score (nSPS) is 10.3. The summed E-state index contributed by atoms with van der Waals surface area (Å²) >= 11 is 0. The van der Waals surface area contributed by atoms with Crippen LogP contribution in [0.3, 0.4) is 0 Å². The van der Waals surface area contributed by atoms with E-state index in [0.717, 1.165) is 17.7 Å². The second-order valence-corrected chi connectivity index (χ2v) is 4.38. The largest absolute Gasteiger partial charge is 0.443 e. The third kappa shape index (κ3) is 3.17. The highest BCUT2D eigenvalue weighted by atomic mass is 19.1. The zero-order chi connectivity index (χ0) is 16.3. The molecule has 0 atom stereocenters. The van der Waals surface area contributed by atoms with Crippen LogP contribution < -0.4 is 4.74 Å². The summed E-state index contributed by atoms with van der Waals surface area (Å²) in [6.45, 7) is 1.84. The van der Waals surface area contributed by atoms with Crippen LogP contribution in [-0.4, -0.2) is 9.85 Å². The van der Waals surface area contributed by atoms with Crippen molar-refractivity contribution in [3.05, 3.63) is 68.0 Å². The van der Waals surface area contributed by atoms with Gasteiger partial charge in [-0.15, -0.1) is 0 Å². The van der Waals surface area contributed by atoms with E-state index in [2.05, 4.69) is 0 Å². The molecule has 2 aromatic rings. The van der Waals surface area contributed by atoms with E-state index in [1.807, 2.05) is 6.92 Å². The fourth-order valence-corrected chi connectivity index (χ4v) is 1.85. The van der Waals surface area contributed by atoms with Crippen molar-refractivity contribution in [2.75, 3.05) is 0 Å². The molecule has 0 unspecified atom stereocenters. The maximum atomic E-state index is 13.1. The number of benzene rings is 2. The van der Waals surface area contributed by atoms with E-state index < -0.39 is 21.4 Å². The molecule has 8 heteroatoms. The lowest BCUT2D eigenvalue weighted by molar-refractivity contribution is -0.387. The van der Waals surface area contributed by atoms with Gasteiger partial charge in [-0.2, -0.15) is 0 Å². The number of ether oxygens (including phenoxy) is 1. The van der Waals surface area contributed by atoms with Gasteiger partial charge in [0.15, 0.2) is 0 Å². The Bertz CT molecular complexity index is 748. The number of nitrogens with zero attached hydrogens (tertiary/aromatic N) is 2. The van der Waals surface area contributed by atoms with E-state index in [0.29, 0.717) is 12.5 Å². The fraction of sp³-hybridized carbons (Fsp3) is 0.143. The zero-order valence-corrected chi connectivity index (χ0v) is 11.5. The Kier molecular flexibility index (Phi) is 4.31. The van der Waals surface area contributed by atoms with E-state index in [9.17, 15) is 24.6 Å². The van der Waals surface area contributed by atoms with Crippen molar-refractivity contribution in [2.45, 2.75) is 13.3 Å². The molecule has 2 aromatic carbocycles. The Morgan fingerprint density at radius 1 is 1.00 bits per heavy atom. The highest BCUT2D eigenvalue weighted by molar-refractivity contribution is 5.54. The summed E-state index contributed by atoms with van der Waals surface area (Å²) in [5.41, 5.74) is -0.181. The Morgan fingerprint density at radius 2 is 1.55 bits per heavy atom. The Labute approximate surface area is 124 Å². The third-order valence-corrected chi connectivity index (χ3v) is 2.97. The maximum Gasteiger partial charge on any atom is 0.314 e. The molecule has 0 saturated heterocycles. The molecule has 0 spiro atoms. The number of nitro groups is 2. The third-order valence-electron chi connectivity index (χ3n) is 2.97. The smallest absolute Gasteiger partial charge is 0.314 e. The molecule has 0 bridgehead atoms. The van der Waals surface area contributed by atoms with Crippen molar-refractivity contribution in [3.63, 3.8) is 0 Å². The van der Waals surface area contributed by atoms with E-state index in [4.69, 9.17) is 4.74 Å². The number of halogens is 1. The van der Waals surface area contributed by atoms with E-state index in [-0.39, 0.29) is 17.2 Å². The quantitative estimate of drug-likeness (QED) is 0.614. The summed E-state index contributed by atoms with van der Waals surface area (Å²) in [7, 11) is 0. The second kappa shape index (κ2) is 6.17. The van der Waals surface area contributed by atoms with Gasteiger partial charge in [0, 0.05) is 6.07 Å². The number of rotatable bonds is 5. The van der Waals surface area contributed by atoms with Crippen molar-refractivity contribution in [3.8, 4) is 11.5 Å². The molecule has 2 rings (SSSR count). The number of nitro benzene ring substituents is 2. The predicted octanol–water partition coefficient (Wildman–Crippen LogP) is 4.00. The molecule has 7 nitrogen and oxygen atoms in total. The molecule has 0 aromatic heterocycles. The first-order valence-corrected chi connectivity index (χ1v) is 6.31. The summed E-state index contributed by atoms with van der Waals surface area (Å²) in [5.74, 6) is -1.20. The molecule has 0 heterocycles. The standard InChI is InChI=1S/C14H11FN2O5/c1-2-9-3-5-13(11(7-9)16(18)19)22-14-6-4-10(15)8-12(14)17(20)21/h3-8H,2H2,1H3. The Morgan fingerprint density at radius 3 is 2.09 bits per heavy atom. The van der Waals surface area contributed by atoms with Crippen LogP contribution in [0.15, 0.2) is 36.4 Å². The van der Waals surface area contributed by atoms with Crippen LogP contribution in [0.2, 0.25) is 0 Å². The van der Waals surface area contributed by atoms with Crippen LogP contribution in [0.1, 0.15) is 12.5 Å². The maximum absolute atomic E-state index is 13.1. The van der Waals surface area contributed by atoms with Crippen LogP contribution >= 0.6 is 0 Å². The Hall–Kier alpha value is -3.03. The van der Waals surface area contributed by atoms with Crippen LogP contribution in [0.5, 0.6) is 11.5 Å². The first-order valence-electron chi connectivity index (χ1n) is 6.31. The summed E-state index contributed by atoms with van der Waals surface area (Å²) in [6.07, 6.45) is 0.595. The first kappa shape index (κ1) is 15.4. The molecule has 0 aliphatic rings. The van der Waals surface area contributed by atoms with Gasteiger partial charge in [-0.1, -0.05) is 13.0 Å². The van der Waals surface area contributed by atoms with Crippen LogP contribution in [0, 0.1) is 26.0 Å². The predicted molar refractivity (Wildman–Crippen MR) is 75.6 cm³/mol. The summed E-state index contributed by atoms with van der Waals surface area (Å²) in [4.78, 5) is 20.5. The molecule has 0 radical (unpaired) electrons. The van der Waals surface area contributed by atoms with E-state index in [1.165, 1.54) is 12.1 Å². The molecule has 0 fully saturated rings. The SMILES string of the molecule is CCc1ccc(Oc2ccc(F)cc2[N+](=O)[O-])c([N+](=O)[O-])c1. The highest BCUT2D eigenvalue weighted by Gasteiger charge is 2.22. The van der Waals surface area contributed by atoms with Gasteiger partial charge in [-0.05, 0) is 30.2 Å². The minimum Gasteiger partial charge on any atom is -0.443 e. The molecule has 114 valence electrons. The van der Waals surface area contributed by atoms with Gasteiger partial charge in [0.25, 0.3) is 0 Å².